The Hall–Kier alpha value is -4.32. The highest BCUT2D eigenvalue weighted by Crippen LogP contribution is 2.24. The molecule has 0 spiro atoms. The number of aromatic amines is 1. The maximum absolute atomic E-state index is 14.5. The molecule has 3 N–H and O–H groups in total. The summed E-state index contributed by atoms with van der Waals surface area (Å²) in [6.45, 7) is 3.17. The molecule has 4 rings (SSSR count). The van der Waals surface area contributed by atoms with Crippen molar-refractivity contribution in [2.45, 2.75) is 39.6 Å². The first-order chi connectivity index (χ1) is 17.6. The van der Waals surface area contributed by atoms with E-state index >= 15 is 0 Å². The lowest BCUT2D eigenvalue weighted by Crippen LogP contribution is -2.43. The van der Waals surface area contributed by atoms with Gasteiger partial charge < -0.3 is 20.1 Å². The molecule has 0 bridgehead atoms. The van der Waals surface area contributed by atoms with Crippen LogP contribution >= 0.6 is 11.6 Å². The summed E-state index contributed by atoms with van der Waals surface area (Å²) in [5, 5.41) is 13.1. The number of hydrogen-bond acceptors (Lipinski definition) is 7. The van der Waals surface area contributed by atoms with Crippen molar-refractivity contribution >= 4 is 23.2 Å². The number of rotatable bonds is 9. The van der Waals surface area contributed by atoms with Crippen molar-refractivity contribution in [1.82, 2.24) is 23.7 Å². The molecule has 4 aromatic rings. The van der Waals surface area contributed by atoms with Gasteiger partial charge in [-0.2, -0.15) is 4.98 Å². The minimum absolute atomic E-state index is 0.0119. The van der Waals surface area contributed by atoms with Gasteiger partial charge in [0.15, 0.2) is 11.6 Å². The summed E-state index contributed by atoms with van der Waals surface area (Å²) in [6.07, 6.45) is 0.877. The van der Waals surface area contributed by atoms with Gasteiger partial charge in [-0.05, 0) is 43.7 Å². The van der Waals surface area contributed by atoms with Gasteiger partial charge in [0.2, 0.25) is 11.8 Å². The largest absolute Gasteiger partial charge is 0.493 e. The molecule has 2 heterocycles. The molecular formula is C24H24ClFN6O5. The lowest BCUT2D eigenvalue weighted by molar-refractivity contribution is 0.231. The van der Waals surface area contributed by atoms with Gasteiger partial charge in [-0.1, -0.05) is 23.7 Å². The standard InChI is InChI=1S/C24H24ClFN6O5/c1-14(2)37-19-8-7-17(11-18(19)26)28-21-29-23(35)31(10-9-30-20(33)12-27-22(30)34)24(36)32(21)13-15-3-5-16(25)6-4-15/h3-8,11-12,14,33H,9-10,13H2,1-2H3,(H,27,34)(H,28,29,35). The number of nitrogens with zero attached hydrogens (tertiary/aromatic N) is 4. The van der Waals surface area contributed by atoms with E-state index in [0.29, 0.717) is 10.6 Å². The van der Waals surface area contributed by atoms with Crippen LogP contribution in [-0.4, -0.2) is 34.9 Å². The average Bonchev–Trinajstić information content (AvgIpc) is 3.16. The molecule has 0 fully saturated rings. The number of halogens is 2. The number of anilines is 2. The van der Waals surface area contributed by atoms with Gasteiger partial charge in [-0.15, -0.1) is 0 Å². The molecule has 0 aliphatic carbocycles. The van der Waals surface area contributed by atoms with Gasteiger partial charge in [0.25, 0.3) is 0 Å². The van der Waals surface area contributed by atoms with E-state index in [4.69, 9.17) is 16.3 Å². The van der Waals surface area contributed by atoms with E-state index in [9.17, 15) is 23.9 Å². The Bertz CT molecular complexity index is 1590. The predicted molar refractivity (Wildman–Crippen MR) is 135 cm³/mol. The molecule has 0 aliphatic rings. The summed E-state index contributed by atoms with van der Waals surface area (Å²) in [5.74, 6) is -1.02. The van der Waals surface area contributed by atoms with Crippen molar-refractivity contribution in [3.63, 3.8) is 0 Å². The van der Waals surface area contributed by atoms with E-state index < -0.39 is 22.9 Å². The van der Waals surface area contributed by atoms with Crippen LogP contribution in [0.2, 0.25) is 5.02 Å². The Morgan fingerprint density at radius 3 is 2.41 bits per heavy atom. The number of aromatic hydroxyl groups is 1. The Labute approximate surface area is 214 Å². The van der Waals surface area contributed by atoms with E-state index in [-0.39, 0.29) is 49.0 Å². The molecule has 2 aromatic carbocycles. The summed E-state index contributed by atoms with van der Waals surface area (Å²) in [7, 11) is 0. The molecule has 0 aliphatic heterocycles. The lowest BCUT2D eigenvalue weighted by Gasteiger charge is -2.17. The molecule has 0 unspecified atom stereocenters. The normalized spacial score (nSPS) is 11.2. The molecule has 2 aromatic heterocycles. The number of nitrogens with one attached hydrogen (secondary N) is 2. The van der Waals surface area contributed by atoms with Crippen LogP contribution in [-0.2, 0) is 19.6 Å². The third kappa shape index (κ3) is 5.92. The first-order valence-electron chi connectivity index (χ1n) is 11.3. The third-order valence-corrected chi connectivity index (χ3v) is 5.60. The monoisotopic (exact) mass is 530 g/mol. The number of imidazole rings is 1. The Morgan fingerprint density at radius 2 is 1.78 bits per heavy atom. The fourth-order valence-electron chi connectivity index (χ4n) is 3.59. The highest BCUT2D eigenvalue weighted by Gasteiger charge is 2.16. The van der Waals surface area contributed by atoms with E-state index in [1.54, 1.807) is 38.1 Å². The van der Waals surface area contributed by atoms with Crippen LogP contribution < -0.4 is 27.1 Å². The maximum Gasteiger partial charge on any atom is 0.355 e. The Balaban J connectivity index is 1.72. The van der Waals surface area contributed by atoms with Gasteiger partial charge in [0, 0.05) is 23.3 Å². The first-order valence-corrected chi connectivity index (χ1v) is 11.7. The fraction of sp³-hybridized carbons (Fsp3) is 0.250. The van der Waals surface area contributed by atoms with Crippen molar-refractivity contribution in [3.05, 3.63) is 96.5 Å². The zero-order chi connectivity index (χ0) is 26.7. The molecule has 13 heteroatoms. The van der Waals surface area contributed by atoms with Gasteiger partial charge in [0.1, 0.15) is 0 Å². The van der Waals surface area contributed by atoms with Gasteiger partial charge in [-0.3, -0.25) is 9.13 Å². The molecule has 0 saturated heterocycles. The SMILES string of the molecule is CC(C)Oc1ccc(Nc2nc(=O)n(CCn3c(O)c[nH]c3=O)c(=O)n2Cc2ccc(Cl)cc2)cc1F. The van der Waals surface area contributed by atoms with Crippen LogP contribution in [0.15, 0.2) is 63.0 Å². The van der Waals surface area contributed by atoms with E-state index in [1.807, 2.05) is 0 Å². The van der Waals surface area contributed by atoms with E-state index in [2.05, 4.69) is 15.3 Å². The van der Waals surface area contributed by atoms with Crippen LogP contribution in [0.1, 0.15) is 19.4 Å². The summed E-state index contributed by atoms with van der Waals surface area (Å²) in [4.78, 5) is 44.4. The Morgan fingerprint density at radius 1 is 1.08 bits per heavy atom. The number of benzene rings is 2. The molecule has 0 amide bonds. The van der Waals surface area contributed by atoms with Crippen LogP contribution in [0.4, 0.5) is 16.0 Å². The summed E-state index contributed by atoms with van der Waals surface area (Å²) < 4.78 is 23.0. The highest BCUT2D eigenvalue weighted by molar-refractivity contribution is 6.30. The van der Waals surface area contributed by atoms with Gasteiger partial charge in [0.05, 0.1) is 25.4 Å². The van der Waals surface area contributed by atoms with Crippen molar-refractivity contribution in [3.8, 4) is 11.6 Å². The first kappa shape index (κ1) is 25.8. The Kier molecular flexibility index (Phi) is 7.48. The average molecular weight is 531 g/mol. The number of hydrogen-bond donors (Lipinski definition) is 3. The number of aromatic nitrogens is 5. The van der Waals surface area contributed by atoms with E-state index in [1.165, 1.54) is 22.8 Å². The molecular weight excluding hydrogens is 507 g/mol. The minimum Gasteiger partial charge on any atom is -0.493 e. The second-order valence-electron chi connectivity index (χ2n) is 8.41. The quantitative estimate of drug-likeness (QED) is 0.302. The highest BCUT2D eigenvalue weighted by atomic mass is 35.5. The summed E-state index contributed by atoms with van der Waals surface area (Å²) in [6, 6.07) is 10.9. The number of ether oxygens (including phenoxy) is 1. The third-order valence-electron chi connectivity index (χ3n) is 5.35. The minimum atomic E-state index is -0.886. The molecule has 11 nitrogen and oxygen atoms in total. The molecule has 0 atom stereocenters. The smallest absolute Gasteiger partial charge is 0.355 e. The fourth-order valence-corrected chi connectivity index (χ4v) is 3.72. The molecule has 194 valence electrons. The topological polar surface area (TPSA) is 136 Å². The van der Waals surface area contributed by atoms with Crippen molar-refractivity contribution in [2.75, 3.05) is 5.32 Å². The van der Waals surface area contributed by atoms with Crippen LogP contribution in [0.5, 0.6) is 11.6 Å². The second-order valence-corrected chi connectivity index (χ2v) is 8.84. The molecule has 37 heavy (non-hydrogen) atoms. The summed E-state index contributed by atoms with van der Waals surface area (Å²) >= 11 is 5.97. The van der Waals surface area contributed by atoms with Crippen LogP contribution in [0.25, 0.3) is 0 Å². The van der Waals surface area contributed by atoms with Crippen LogP contribution in [0, 0.1) is 5.82 Å². The van der Waals surface area contributed by atoms with Gasteiger partial charge in [-0.25, -0.2) is 23.3 Å². The molecule has 0 radical (unpaired) electrons. The zero-order valence-electron chi connectivity index (χ0n) is 19.9. The number of H-pyrrole nitrogens is 1. The van der Waals surface area contributed by atoms with Crippen molar-refractivity contribution in [1.29, 1.82) is 0 Å². The second kappa shape index (κ2) is 10.7. The summed E-state index contributed by atoms with van der Waals surface area (Å²) in [5.41, 5.74) is -1.27. The van der Waals surface area contributed by atoms with Crippen molar-refractivity contribution < 1.29 is 14.2 Å². The van der Waals surface area contributed by atoms with Gasteiger partial charge >= 0.3 is 17.1 Å². The molecule has 0 saturated carbocycles. The lowest BCUT2D eigenvalue weighted by atomic mass is 10.2. The maximum atomic E-state index is 14.5. The zero-order valence-corrected chi connectivity index (χ0v) is 20.7. The van der Waals surface area contributed by atoms with E-state index in [0.717, 1.165) is 15.3 Å². The van der Waals surface area contributed by atoms with Crippen molar-refractivity contribution in [2.24, 2.45) is 0 Å². The van der Waals surface area contributed by atoms with Crippen LogP contribution in [0.3, 0.4) is 0 Å². The predicted octanol–water partition coefficient (Wildman–Crippen LogP) is 2.67.